The Morgan fingerprint density at radius 1 is 1.67 bits per heavy atom. The first-order valence-corrected chi connectivity index (χ1v) is 5.54. The van der Waals surface area contributed by atoms with E-state index in [4.69, 9.17) is 0 Å². The molecule has 0 aromatic carbocycles. The molecule has 0 aliphatic rings. The van der Waals surface area contributed by atoms with Crippen LogP contribution in [0.2, 0.25) is 0 Å². The second kappa shape index (κ2) is 5.50. The van der Waals surface area contributed by atoms with Gasteiger partial charge in [-0.2, -0.15) is 5.10 Å². The monoisotopic (exact) mass is 226 g/mol. The van der Waals surface area contributed by atoms with E-state index < -0.39 is 6.09 Å². The molecule has 0 radical (unpaired) electrons. The van der Waals surface area contributed by atoms with Gasteiger partial charge in [0.2, 0.25) is 0 Å². The van der Waals surface area contributed by atoms with Crippen LogP contribution in [-0.2, 0) is 4.74 Å². The molecule has 0 saturated carbocycles. The van der Waals surface area contributed by atoms with E-state index >= 15 is 0 Å². The van der Waals surface area contributed by atoms with Crippen molar-refractivity contribution in [1.29, 1.82) is 0 Å². The highest BCUT2D eigenvalue weighted by Gasteiger charge is 2.04. The number of rotatable bonds is 3. The average Bonchev–Trinajstić information content (AvgIpc) is 2.61. The van der Waals surface area contributed by atoms with E-state index in [-0.39, 0.29) is 0 Å². The summed E-state index contributed by atoms with van der Waals surface area (Å²) >= 11 is 1.60. The fourth-order valence-corrected chi connectivity index (χ4v) is 1.97. The Morgan fingerprint density at radius 3 is 2.93 bits per heavy atom. The van der Waals surface area contributed by atoms with Crippen LogP contribution in [0.5, 0.6) is 0 Å². The summed E-state index contributed by atoms with van der Waals surface area (Å²) in [6, 6.07) is 2.02. The fourth-order valence-electron chi connectivity index (χ4n) is 1.09. The van der Waals surface area contributed by atoms with Crippen molar-refractivity contribution in [3.8, 4) is 0 Å². The molecule has 0 unspecified atom stereocenters. The lowest BCUT2D eigenvalue weighted by Gasteiger charge is -2.01. The number of ether oxygens (including phenoxy) is 1. The third-order valence-electron chi connectivity index (χ3n) is 1.78. The number of carbonyl (C=O) groups is 1. The number of carbonyl (C=O) groups excluding carboxylic acids is 1. The zero-order chi connectivity index (χ0) is 11.3. The lowest BCUT2D eigenvalue weighted by atomic mass is 10.2. The number of hydrogen-bond acceptors (Lipinski definition) is 4. The summed E-state index contributed by atoms with van der Waals surface area (Å²) in [6.07, 6.45) is -0.522. The summed E-state index contributed by atoms with van der Waals surface area (Å²) in [7, 11) is 0. The van der Waals surface area contributed by atoms with Crippen molar-refractivity contribution < 1.29 is 9.53 Å². The van der Waals surface area contributed by atoms with Gasteiger partial charge in [-0.15, -0.1) is 11.3 Å². The van der Waals surface area contributed by atoms with Crippen LogP contribution in [-0.4, -0.2) is 18.4 Å². The Labute approximate surface area is 93.0 Å². The van der Waals surface area contributed by atoms with Gasteiger partial charge in [0, 0.05) is 0 Å². The fraction of sp³-hybridized carbons (Fsp3) is 0.400. The molecular formula is C10H14N2O2S. The maximum Gasteiger partial charge on any atom is 0.427 e. The zero-order valence-electron chi connectivity index (χ0n) is 9.03. The minimum atomic E-state index is -0.522. The Hall–Kier alpha value is -1.36. The first-order chi connectivity index (χ1) is 7.15. The molecular weight excluding hydrogens is 212 g/mol. The summed E-state index contributed by atoms with van der Waals surface area (Å²) in [6.45, 7) is 5.96. The molecule has 1 aromatic rings. The van der Waals surface area contributed by atoms with Gasteiger partial charge < -0.3 is 4.74 Å². The smallest absolute Gasteiger partial charge is 0.427 e. The van der Waals surface area contributed by atoms with Crippen molar-refractivity contribution in [2.45, 2.75) is 20.8 Å². The van der Waals surface area contributed by atoms with Gasteiger partial charge in [0.15, 0.2) is 0 Å². The van der Waals surface area contributed by atoms with E-state index in [0.29, 0.717) is 6.61 Å². The highest BCUT2D eigenvalue weighted by atomic mass is 32.1. The van der Waals surface area contributed by atoms with Gasteiger partial charge in [0.25, 0.3) is 0 Å². The number of nitrogens with one attached hydrogen (secondary N) is 1. The summed E-state index contributed by atoms with van der Waals surface area (Å²) < 4.78 is 4.69. The Kier molecular flexibility index (Phi) is 4.30. The molecule has 0 saturated heterocycles. The highest BCUT2D eigenvalue weighted by molar-refractivity contribution is 7.12. The Bertz CT molecular complexity index is 371. The van der Waals surface area contributed by atoms with Gasteiger partial charge in [-0.1, -0.05) is 0 Å². The standard InChI is InChI=1S/C10H14N2O2S/c1-4-14-10(13)12-11-8(3)9-7(2)5-6-15-9/h5-6H,4H2,1-3H3,(H,12,13). The Balaban J connectivity index is 2.61. The quantitative estimate of drug-likeness (QED) is 0.636. The number of aryl methyl sites for hydroxylation is 1. The van der Waals surface area contributed by atoms with Gasteiger partial charge in [0.05, 0.1) is 17.2 Å². The third-order valence-corrected chi connectivity index (χ3v) is 2.91. The van der Waals surface area contributed by atoms with Crippen LogP contribution in [0.25, 0.3) is 0 Å². The highest BCUT2D eigenvalue weighted by Crippen LogP contribution is 2.16. The normalized spacial score (nSPS) is 11.3. The minimum absolute atomic E-state index is 0.346. The lowest BCUT2D eigenvalue weighted by Crippen LogP contribution is -2.20. The van der Waals surface area contributed by atoms with E-state index in [2.05, 4.69) is 15.3 Å². The number of hydrazone groups is 1. The Morgan fingerprint density at radius 2 is 2.40 bits per heavy atom. The van der Waals surface area contributed by atoms with E-state index in [1.165, 1.54) is 0 Å². The van der Waals surface area contributed by atoms with E-state index in [1.54, 1.807) is 18.3 Å². The van der Waals surface area contributed by atoms with Crippen LogP contribution in [0.3, 0.4) is 0 Å². The topological polar surface area (TPSA) is 50.7 Å². The van der Waals surface area contributed by atoms with Gasteiger partial charge >= 0.3 is 6.09 Å². The van der Waals surface area contributed by atoms with Crippen LogP contribution >= 0.6 is 11.3 Å². The number of nitrogens with zero attached hydrogens (tertiary/aromatic N) is 1. The summed E-state index contributed by atoms with van der Waals surface area (Å²) in [4.78, 5) is 12.0. The second-order valence-electron chi connectivity index (χ2n) is 2.96. The predicted octanol–water partition coefficient (Wildman–Crippen LogP) is 2.53. The molecule has 0 bridgehead atoms. The molecule has 0 aliphatic carbocycles. The summed E-state index contributed by atoms with van der Waals surface area (Å²) in [5.74, 6) is 0. The van der Waals surface area contributed by atoms with Crippen molar-refractivity contribution in [3.63, 3.8) is 0 Å². The van der Waals surface area contributed by atoms with Gasteiger partial charge in [-0.05, 0) is 37.8 Å². The third kappa shape index (κ3) is 3.36. The zero-order valence-corrected chi connectivity index (χ0v) is 9.85. The molecule has 0 spiro atoms. The molecule has 1 N–H and O–H groups in total. The van der Waals surface area contributed by atoms with Crippen molar-refractivity contribution >= 4 is 23.1 Å². The molecule has 1 aromatic heterocycles. The van der Waals surface area contributed by atoms with Gasteiger partial charge in [-0.25, -0.2) is 10.2 Å². The summed E-state index contributed by atoms with van der Waals surface area (Å²) in [5, 5.41) is 5.94. The van der Waals surface area contributed by atoms with Crippen LogP contribution in [0.4, 0.5) is 4.79 Å². The second-order valence-corrected chi connectivity index (χ2v) is 3.88. The summed E-state index contributed by atoms with van der Waals surface area (Å²) in [5.41, 5.74) is 4.28. The van der Waals surface area contributed by atoms with Crippen molar-refractivity contribution in [2.24, 2.45) is 5.10 Å². The van der Waals surface area contributed by atoms with Crippen molar-refractivity contribution in [1.82, 2.24) is 5.43 Å². The number of thiophene rings is 1. The molecule has 1 rings (SSSR count). The molecule has 0 atom stereocenters. The minimum Gasteiger partial charge on any atom is -0.449 e. The van der Waals surface area contributed by atoms with Crippen molar-refractivity contribution in [2.75, 3.05) is 6.61 Å². The van der Waals surface area contributed by atoms with Gasteiger partial charge in [-0.3, -0.25) is 0 Å². The SMILES string of the molecule is CCOC(=O)NN=C(C)c1sccc1C. The van der Waals surface area contributed by atoms with Gasteiger partial charge in [0.1, 0.15) is 0 Å². The van der Waals surface area contributed by atoms with E-state index in [0.717, 1.165) is 16.2 Å². The van der Waals surface area contributed by atoms with E-state index in [9.17, 15) is 4.79 Å². The predicted molar refractivity (Wildman–Crippen MR) is 61.4 cm³/mol. The van der Waals surface area contributed by atoms with Crippen LogP contribution in [0.15, 0.2) is 16.5 Å². The molecule has 1 heterocycles. The van der Waals surface area contributed by atoms with E-state index in [1.807, 2.05) is 25.3 Å². The van der Waals surface area contributed by atoms with Crippen molar-refractivity contribution in [3.05, 3.63) is 21.9 Å². The average molecular weight is 226 g/mol. The molecule has 0 aliphatic heterocycles. The number of hydrogen-bond donors (Lipinski definition) is 1. The molecule has 0 fully saturated rings. The van der Waals surface area contributed by atoms with Crippen LogP contribution in [0.1, 0.15) is 24.3 Å². The van der Waals surface area contributed by atoms with Crippen LogP contribution < -0.4 is 5.43 Å². The maximum atomic E-state index is 11.0. The number of amides is 1. The molecule has 5 heteroatoms. The molecule has 1 amide bonds. The first-order valence-electron chi connectivity index (χ1n) is 4.66. The molecule has 15 heavy (non-hydrogen) atoms. The van der Waals surface area contributed by atoms with Crippen LogP contribution in [0, 0.1) is 6.92 Å². The first kappa shape index (κ1) is 11.7. The largest absolute Gasteiger partial charge is 0.449 e. The molecule has 82 valence electrons. The lowest BCUT2D eigenvalue weighted by molar-refractivity contribution is 0.152. The maximum absolute atomic E-state index is 11.0. The molecule has 4 nitrogen and oxygen atoms in total.